The summed E-state index contributed by atoms with van der Waals surface area (Å²) < 4.78 is 12.3. The predicted molar refractivity (Wildman–Crippen MR) is 118 cm³/mol. The molecule has 2 amide bonds. The van der Waals surface area contributed by atoms with Gasteiger partial charge >= 0.3 is 0 Å². The molecule has 1 unspecified atom stereocenters. The monoisotopic (exact) mass is 420 g/mol. The number of fused-ring (bicyclic) bond motifs is 1. The zero-order valence-electron chi connectivity index (χ0n) is 17.9. The lowest BCUT2D eigenvalue weighted by Crippen LogP contribution is -2.23. The van der Waals surface area contributed by atoms with Crippen LogP contribution >= 0.6 is 0 Å². The van der Waals surface area contributed by atoms with E-state index in [4.69, 9.17) is 9.47 Å². The Morgan fingerprint density at radius 2 is 1.81 bits per heavy atom. The van der Waals surface area contributed by atoms with Crippen molar-refractivity contribution in [3.8, 4) is 22.6 Å². The molecule has 0 fully saturated rings. The largest absolute Gasteiger partial charge is 0.493 e. The molecule has 4 rings (SSSR count). The quantitative estimate of drug-likeness (QED) is 0.634. The van der Waals surface area contributed by atoms with Gasteiger partial charge in [-0.15, -0.1) is 0 Å². The lowest BCUT2D eigenvalue weighted by Gasteiger charge is -2.10. The van der Waals surface area contributed by atoms with Gasteiger partial charge in [-0.3, -0.25) is 9.59 Å². The minimum Gasteiger partial charge on any atom is -0.493 e. The molecule has 160 valence electrons. The Morgan fingerprint density at radius 1 is 1.10 bits per heavy atom. The van der Waals surface area contributed by atoms with Crippen LogP contribution in [0.2, 0.25) is 0 Å². The fraction of sp³-hybridized carbons (Fsp3) is 0.261. The number of aryl methyl sites for hydroxylation is 2. The van der Waals surface area contributed by atoms with Gasteiger partial charge in [-0.25, -0.2) is 4.68 Å². The number of ether oxygens (including phenoxy) is 2. The fourth-order valence-electron chi connectivity index (χ4n) is 3.74. The van der Waals surface area contributed by atoms with Crippen molar-refractivity contribution in [1.29, 1.82) is 0 Å². The van der Waals surface area contributed by atoms with Gasteiger partial charge in [-0.05, 0) is 43.7 Å². The lowest BCUT2D eigenvalue weighted by atomic mass is 10.1. The van der Waals surface area contributed by atoms with Crippen LogP contribution in [0, 0.1) is 13.8 Å². The van der Waals surface area contributed by atoms with Gasteiger partial charge in [0.25, 0.3) is 5.91 Å². The predicted octanol–water partition coefficient (Wildman–Crippen LogP) is 3.71. The van der Waals surface area contributed by atoms with E-state index in [1.807, 2.05) is 50.2 Å². The number of nitrogens with zero attached hydrogens (tertiary/aromatic N) is 2. The van der Waals surface area contributed by atoms with Gasteiger partial charge < -0.3 is 20.1 Å². The summed E-state index contributed by atoms with van der Waals surface area (Å²) in [5, 5.41) is 10.3. The normalized spacial score (nSPS) is 14.7. The van der Waals surface area contributed by atoms with Gasteiger partial charge in [-0.1, -0.05) is 23.8 Å². The van der Waals surface area contributed by atoms with E-state index >= 15 is 0 Å². The van der Waals surface area contributed by atoms with E-state index in [-0.39, 0.29) is 18.2 Å². The summed E-state index contributed by atoms with van der Waals surface area (Å²) in [6.07, 6.45) is -0.0147. The number of rotatable bonds is 6. The summed E-state index contributed by atoms with van der Waals surface area (Å²) in [5.41, 5.74) is 4.16. The van der Waals surface area contributed by atoms with Crippen LogP contribution in [0.3, 0.4) is 0 Å². The number of hydrogen-bond acceptors (Lipinski definition) is 5. The van der Waals surface area contributed by atoms with Crippen molar-refractivity contribution in [2.75, 3.05) is 24.9 Å². The summed E-state index contributed by atoms with van der Waals surface area (Å²) in [6, 6.07) is 12.3. The number of carbonyl (C=O) groups is 2. The Morgan fingerprint density at radius 3 is 2.48 bits per heavy atom. The van der Waals surface area contributed by atoms with Gasteiger partial charge in [0.1, 0.15) is 11.9 Å². The number of anilines is 2. The third-order valence-electron chi connectivity index (χ3n) is 5.31. The number of aromatic nitrogens is 2. The molecule has 0 aliphatic carbocycles. The maximum absolute atomic E-state index is 12.6. The Kier molecular flexibility index (Phi) is 5.37. The summed E-state index contributed by atoms with van der Waals surface area (Å²) in [4.78, 5) is 25.2. The molecular weight excluding hydrogens is 396 g/mol. The molecule has 2 N–H and O–H groups in total. The summed E-state index contributed by atoms with van der Waals surface area (Å²) in [6.45, 7) is 3.85. The van der Waals surface area contributed by atoms with Gasteiger partial charge in [-0.2, -0.15) is 5.10 Å². The lowest BCUT2D eigenvalue weighted by molar-refractivity contribution is -0.123. The molecule has 1 aromatic heterocycles. The first kappa shape index (κ1) is 20.5. The molecule has 31 heavy (non-hydrogen) atoms. The van der Waals surface area contributed by atoms with Gasteiger partial charge in [0, 0.05) is 11.3 Å². The maximum Gasteiger partial charge on any atom is 0.251 e. The van der Waals surface area contributed by atoms with Crippen molar-refractivity contribution in [1.82, 2.24) is 9.78 Å². The molecule has 2 aromatic carbocycles. The van der Waals surface area contributed by atoms with E-state index in [9.17, 15) is 9.59 Å². The average molecular weight is 420 g/mol. The van der Waals surface area contributed by atoms with Crippen molar-refractivity contribution in [2.24, 2.45) is 0 Å². The van der Waals surface area contributed by atoms with E-state index in [2.05, 4.69) is 15.7 Å². The highest BCUT2D eigenvalue weighted by Gasteiger charge is 2.36. The topological polar surface area (TPSA) is 94.5 Å². The number of methoxy groups -OCH3 is 2. The van der Waals surface area contributed by atoms with E-state index in [0.717, 1.165) is 22.4 Å². The molecule has 0 radical (unpaired) electrons. The summed E-state index contributed by atoms with van der Waals surface area (Å²) in [5.74, 6) is 1.25. The molecule has 1 aliphatic rings. The highest BCUT2D eigenvalue weighted by Crippen LogP contribution is 2.41. The first-order valence-corrected chi connectivity index (χ1v) is 9.90. The third-order valence-corrected chi connectivity index (χ3v) is 5.31. The van der Waals surface area contributed by atoms with E-state index in [1.165, 1.54) is 0 Å². The second kappa shape index (κ2) is 8.14. The van der Waals surface area contributed by atoms with Crippen LogP contribution in [-0.4, -0.2) is 35.8 Å². The molecule has 0 spiro atoms. The van der Waals surface area contributed by atoms with Gasteiger partial charge in [0.2, 0.25) is 5.91 Å². The standard InChI is InChI=1S/C23H24N4O4/c1-13-5-8-16(9-6-13)24-20(28)12-17-23(29)25-22-21(14(2)26-27(17)22)15-7-10-18(30-3)19(11-15)31-4/h5-11,17H,12H2,1-4H3,(H,24,28)(H,25,29). The van der Waals surface area contributed by atoms with Crippen molar-refractivity contribution in [3.05, 3.63) is 53.7 Å². The molecular formula is C23H24N4O4. The molecule has 1 atom stereocenters. The summed E-state index contributed by atoms with van der Waals surface area (Å²) >= 11 is 0. The van der Waals surface area contributed by atoms with Crippen LogP contribution in [-0.2, 0) is 9.59 Å². The average Bonchev–Trinajstić information content (AvgIpc) is 3.22. The number of carbonyl (C=O) groups excluding carboxylic acids is 2. The Bertz CT molecular complexity index is 1150. The van der Waals surface area contributed by atoms with Crippen molar-refractivity contribution in [2.45, 2.75) is 26.3 Å². The number of hydrogen-bond donors (Lipinski definition) is 2. The molecule has 3 aromatic rings. The SMILES string of the molecule is COc1ccc(-c2c(C)nn3c2NC(=O)C3CC(=O)Nc2ccc(C)cc2)cc1OC. The number of benzene rings is 2. The second-order valence-corrected chi connectivity index (χ2v) is 7.45. The zero-order chi connectivity index (χ0) is 22.1. The highest BCUT2D eigenvalue weighted by molar-refractivity contribution is 6.04. The molecule has 0 saturated heterocycles. The van der Waals surface area contributed by atoms with Crippen LogP contribution in [0.1, 0.15) is 23.7 Å². The number of amides is 2. The van der Waals surface area contributed by atoms with Crippen LogP contribution in [0.15, 0.2) is 42.5 Å². The minimum atomic E-state index is -0.715. The second-order valence-electron chi connectivity index (χ2n) is 7.45. The molecule has 1 aliphatic heterocycles. The van der Waals surface area contributed by atoms with Gasteiger partial charge in [0.15, 0.2) is 11.5 Å². The van der Waals surface area contributed by atoms with Crippen LogP contribution in [0.4, 0.5) is 11.5 Å². The Balaban J connectivity index is 1.60. The van der Waals surface area contributed by atoms with Crippen molar-refractivity contribution < 1.29 is 19.1 Å². The first-order chi connectivity index (χ1) is 14.9. The third kappa shape index (κ3) is 3.84. The summed E-state index contributed by atoms with van der Waals surface area (Å²) in [7, 11) is 3.15. The first-order valence-electron chi connectivity index (χ1n) is 9.90. The van der Waals surface area contributed by atoms with Crippen molar-refractivity contribution >= 4 is 23.3 Å². The van der Waals surface area contributed by atoms with Crippen LogP contribution < -0.4 is 20.1 Å². The Labute approximate surface area is 180 Å². The molecule has 2 heterocycles. The van der Waals surface area contributed by atoms with Gasteiger partial charge in [0.05, 0.1) is 26.3 Å². The van der Waals surface area contributed by atoms with Crippen molar-refractivity contribution in [3.63, 3.8) is 0 Å². The van der Waals surface area contributed by atoms with E-state index in [0.29, 0.717) is 23.0 Å². The fourth-order valence-corrected chi connectivity index (χ4v) is 3.74. The van der Waals surface area contributed by atoms with E-state index in [1.54, 1.807) is 25.0 Å². The van der Waals surface area contributed by atoms with Crippen LogP contribution in [0.5, 0.6) is 11.5 Å². The maximum atomic E-state index is 12.6. The highest BCUT2D eigenvalue weighted by atomic mass is 16.5. The van der Waals surface area contributed by atoms with Crippen LogP contribution in [0.25, 0.3) is 11.1 Å². The minimum absolute atomic E-state index is 0.0147. The molecule has 0 bridgehead atoms. The van der Waals surface area contributed by atoms with E-state index < -0.39 is 6.04 Å². The Hall–Kier alpha value is -3.81. The molecule has 8 nitrogen and oxygen atoms in total. The zero-order valence-corrected chi connectivity index (χ0v) is 17.9. The molecule has 8 heteroatoms. The smallest absolute Gasteiger partial charge is 0.251 e. The molecule has 0 saturated carbocycles. The number of nitrogens with one attached hydrogen (secondary N) is 2.